The molecule has 18 N–H and O–H groups in total. The summed E-state index contributed by atoms with van der Waals surface area (Å²) in [5.41, 5.74) is 8.05. The highest BCUT2D eigenvalue weighted by molar-refractivity contribution is 8.76. The van der Waals surface area contributed by atoms with Crippen LogP contribution in [0.15, 0.2) is 85.1 Å². The Morgan fingerprint density at radius 3 is 1.68 bits per heavy atom. The standard InChI is InChI=1S/C65H92N14O18S2/c1-39(81)51(36-80)72-64(96)53-38-99-98-37-52(73-60(92)48(28-41-10-4-3-5-11-41)68-54(84)32-76-20-22-77(33-55(85)86)24-26-79(35-57(89)90)27-25-78(23-21-76)34-56(87)88)63(95)70-49(29-42-15-17-44(83)18-16-42)61(93)71-50(30-43-31-67-46-13-7-6-12-45(43)46)62(94)69-47(14-8-9-19-66)59(91)75-58(40(2)82)65(97)74-53/h3-7,10-13,15-18,31,39-40,47-53,58,67,80-83H,8-9,14,19-30,32-38,66H2,1-2H3,(H,68,84)(H,69,94)(H,70,95)(H,71,93)(H,72,96)(H,73,92)(H,74,97)(H,75,91)(H,85,86)(H,87,88)(H,89,90)/t39-,40-,47+,48-,49?,50-,51-,52+,53?,58+/m1/s1. The van der Waals surface area contributed by atoms with Crippen molar-refractivity contribution in [2.45, 2.75) is 113 Å². The molecule has 10 atom stereocenters. The summed E-state index contributed by atoms with van der Waals surface area (Å²) in [5, 5.41) is 93.2. The highest BCUT2D eigenvalue weighted by Crippen LogP contribution is 2.25. The van der Waals surface area contributed by atoms with Crippen LogP contribution in [0.5, 0.6) is 5.75 Å². The quantitative estimate of drug-likeness (QED) is 0.0215. The van der Waals surface area contributed by atoms with Crippen LogP contribution in [0.25, 0.3) is 10.9 Å². The summed E-state index contributed by atoms with van der Waals surface area (Å²) in [7, 11) is 1.81. The number of fused-ring (bicyclic) bond motifs is 1. The molecule has 6 rings (SSSR count). The van der Waals surface area contributed by atoms with Crippen molar-refractivity contribution < 1.29 is 88.5 Å². The molecular weight excluding hydrogens is 1330 g/mol. The number of phenols is 1. The number of unbranched alkanes of at least 4 members (excludes halogenated alkanes) is 1. The average Bonchev–Trinajstić information content (AvgIpc) is 1.73. The minimum atomic E-state index is -1.77. The number of hydrogen-bond donors (Lipinski definition) is 17. The fourth-order valence-electron chi connectivity index (χ4n) is 11.1. The molecule has 2 fully saturated rings. The van der Waals surface area contributed by atoms with E-state index in [0.29, 0.717) is 34.0 Å². The van der Waals surface area contributed by atoms with Crippen LogP contribution in [-0.4, -0.2) is 289 Å². The molecule has 2 saturated heterocycles. The lowest BCUT2D eigenvalue weighted by molar-refractivity contribution is -0.140. The Morgan fingerprint density at radius 2 is 1.12 bits per heavy atom. The van der Waals surface area contributed by atoms with Gasteiger partial charge >= 0.3 is 17.9 Å². The first-order valence-electron chi connectivity index (χ1n) is 32.5. The molecule has 2 unspecified atom stereocenters. The summed E-state index contributed by atoms with van der Waals surface area (Å²) < 4.78 is 0. The monoisotopic (exact) mass is 1420 g/mol. The zero-order chi connectivity index (χ0) is 72.1. The fourth-order valence-corrected chi connectivity index (χ4v) is 13.4. The Bertz CT molecular complexity index is 3320. The van der Waals surface area contributed by atoms with Crippen LogP contribution < -0.4 is 48.3 Å². The van der Waals surface area contributed by atoms with Crippen LogP contribution in [-0.2, 0) is 72.0 Å². The van der Waals surface area contributed by atoms with E-state index in [2.05, 4.69) is 47.5 Å². The van der Waals surface area contributed by atoms with Crippen LogP contribution in [0.2, 0.25) is 0 Å². The minimum absolute atomic E-state index is 0.0540. The summed E-state index contributed by atoms with van der Waals surface area (Å²) in [5.74, 6) is -11.6. The number of benzene rings is 3. The average molecular weight is 1420 g/mol. The zero-order valence-electron chi connectivity index (χ0n) is 55.2. The van der Waals surface area contributed by atoms with Gasteiger partial charge in [-0.05, 0) is 74.5 Å². The van der Waals surface area contributed by atoms with Gasteiger partial charge in [-0.25, -0.2) is 0 Å². The SMILES string of the molecule is C[C@@H](O)[C@@H]1NC(=O)[C@H](CCCCN)NC(=O)[C@@H](Cc2c[nH]c3ccccc23)NC(=O)C(Cc2ccc(O)cc2)NC(=O)[C@@H](NC(=O)[C@@H](Cc2ccccc2)NC(=O)CN2CCN(CC(=O)O)CCN(CC(=O)O)CCN(CC(=O)O)CC2)CSSCC(C(=O)N[C@H](CO)[C@@H](C)O)NC1=O. The molecule has 8 amide bonds. The van der Waals surface area contributed by atoms with Crippen LogP contribution >= 0.6 is 21.6 Å². The molecule has 2 aliphatic heterocycles. The first kappa shape index (κ1) is 79.5. The van der Waals surface area contributed by atoms with Crippen molar-refractivity contribution in [2.75, 3.05) is 103 Å². The number of aliphatic hydroxyl groups is 3. The van der Waals surface area contributed by atoms with Gasteiger partial charge in [-0.15, -0.1) is 0 Å². The summed E-state index contributed by atoms with van der Waals surface area (Å²) >= 11 is 0. The van der Waals surface area contributed by atoms with Gasteiger partial charge in [0.15, 0.2) is 0 Å². The number of hydrogen-bond acceptors (Lipinski definition) is 22. The number of aromatic nitrogens is 1. The van der Waals surface area contributed by atoms with Gasteiger partial charge in [-0.2, -0.15) is 0 Å². The van der Waals surface area contributed by atoms with Crippen molar-refractivity contribution in [3.8, 4) is 5.75 Å². The van der Waals surface area contributed by atoms with Crippen molar-refractivity contribution in [1.29, 1.82) is 0 Å². The Kier molecular flexibility index (Phi) is 32.6. The number of nitrogens with zero attached hydrogens (tertiary/aromatic N) is 4. The number of H-pyrrole nitrogens is 1. The number of aromatic amines is 1. The van der Waals surface area contributed by atoms with Crippen LogP contribution in [0, 0.1) is 0 Å². The second kappa shape index (κ2) is 40.6. The van der Waals surface area contributed by atoms with Crippen molar-refractivity contribution in [3.05, 3.63) is 102 Å². The Labute approximate surface area is 580 Å². The zero-order valence-corrected chi connectivity index (χ0v) is 56.8. The molecule has 4 aromatic rings. The number of aliphatic carboxylic acids is 3. The predicted molar refractivity (Wildman–Crippen MR) is 366 cm³/mol. The summed E-state index contributed by atoms with van der Waals surface area (Å²) in [6.07, 6.45) is -1.31. The van der Waals surface area contributed by atoms with Crippen LogP contribution in [0.3, 0.4) is 0 Å². The molecule has 0 radical (unpaired) electrons. The van der Waals surface area contributed by atoms with E-state index in [9.17, 15) is 74.1 Å². The maximum atomic E-state index is 15.3. The Balaban J connectivity index is 1.40. The van der Waals surface area contributed by atoms with Crippen molar-refractivity contribution >= 4 is 97.7 Å². The summed E-state index contributed by atoms with van der Waals surface area (Å²) in [6.45, 7) is 1.08. The molecule has 3 heterocycles. The number of amides is 8. The molecule has 0 saturated carbocycles. The number of rotatable bonds is 26. The number of aromatic hydroxyl groups is 1. The third-order valence-corrected chi connectivity index (χ3v) is 19.0. The summed E-state index contributed by atoms with van der Waals surface area (Å²) in [6, 6.07) is 9.21. The number of carboxylic acids is 3. The van der Waals surface area contributed by atoms with E-state index in [1.54, 1.807) is 80.4 Å². The van der Waals surface area contributed by atoms with Gasteiger partial charge < -0.3 is 89.0 Å². The van der Waals surface area contributed by atoms with E-state index in [4.69, 9.17) is 5.73 Å². The first-order chi connectivity index (χ1) is 47.3. The molecular formula is C65H92N14O18S2. The maximum Gasteiger partial charge on any atom is 0.317 e. The lowest BCUT2D eigenvalue weighted by atomic mass is 10.0. The lowest BCUT2D eigenvalue weighted by Crippen LogP contribution is -2.62. The number of aliphatic hydroxyl groups excluding tert-OH is 3. The normalized spacial score (nSPS) is 22.0. The van der Waals surface area contributed by atoms with Crippen LogP contribution in [0.4, 0.5) is 0 Å². The van der Waals surface area contributed by atoms with E-state index in [1.807, 2.05) is 0 Å². The number of phenolic OH excluding ortho intramolecular Hbond substituents is 1. The number of para-hydroxylation sites is 1. The predicted octanol–water partition coefficient (Wildman–Crippen LogP) is -3.47. The number of nitrogens with one attached hydrogen (secondary N) is 9. The minimum Gasteiger partial charge on any atom is -0.508 e. The van der Waals surface area contributed by atoms with Crippen molar-refractivity contribution in [3.63, 3.8) is 0 Å². The first-order valence-corrected chi connectivity index (χ1v) is 35.0. The molecule has 1 aromatic heterocycles. The van der Waals surface area contributed by atoms with E-state index in [1.165, 1.54) is 38.1 Å². The van der Waals surface area contributed by atoms with E-state index in [0.717, 1.165) is 21.6 Å². The number of carboxylic acid groups (broad SMARTS) is 3. The van der Waals surface area contributed by atoms with Crippen molar-refractivity contribution in [2.24, 2.45) is 5.73 Å². The molecule has 3 aromatic carbocycles. The van der Waals surface area contributed by atoms with E-state index >= 15 is 14.4 Å². The van der Waals surface area contributed by atoms with E-state index in [-0.39, 0.29) is 115 Å². The van der Waals surface area contributed by atoms with Gasteiger partial charge in [-0.3, -0.25) is 72.3 Å². The maximum absolute atomic E-state index is 15.3. The largest absolute Gasteiger partial charge is 0.508 e. The van der Waals surface area contributed by atoms with Gasteiger partial charge in [0.05, 0.1) is 51.0 Å². The highest BCUT2D eigenvalue weighted by atomic mass is 33.1. The van der Waals surface area contributed by atoms with Crippen molar-refractivity contribution in [1.82, 2.24) is 67.1 Å². The molecule has 0 spiro atoms. The second-order valence-corrected chi connectivity index (χ2v) is 27.0. The van der Waals surface area contributed by atoms with Gasteiger partial charge in [-0.1, -0.05) is 82.3 Å². The Hall–Kier alpha value is -8.45. The molecule has 32 nitrogen and oxygen atoms in total. The third-order valence-electron chi connectivity index (χ3n) is 16.6. The summed E-state index contributed by atoms with van der Waals surface area (Å²) in [4.78, 5) is 163. The highest BCUT2D eigenvalue weighted by Gasteiger charge is 2.37. The molecule has 0 bridgehead atoms. The molecule has 542 valence electrons. The van der Waals surface area contributed by atoms with Gasteiger partial charge in [0, 0.05) is 100 Å². The lowest BCUT2D eigenvalue weighted by Gasteiger charge is -2.33. The third kappa shape index (κ3) is 27.0. The molecule has 99 heavy (non-hydrogen) atoms. The van der Waals surface area contributed by atoms with Gasteiger partial charge in [0.1, 0.15) is 48.0 Å². The van der Waals surface area contributed by atoms with E-state index < -0.39 is 152 Å². The number of nitrogens with two attached hydrogens (primary N) is 1. The van der Waals surface area contributed by atoms with Crippen LogP contribution in [0.1, 0.15) is 49.8 Å². The molecule has 2 aliphatic rings. The smallest absolute Gasteiger partial charge is 0.317 e. The van der Waals surface area contributed by atoms with Gasteiger partial charge in [0.2, 0.25) is 47.3 Å². The molecule has 0 aliphatic carbocycles. The molecule has 34 heteroatoms. The number of carbonyl (C=O) groups excluding carboxylic acids is 8. The topological polar surface area (TPSA) is 480 Å². The van der Waals surface area contributed by atoms with Gasteiger partial charge in [0.25, 0.3) is 0 Å². The second-order valence-electron chi connectivity index (χ2n) is 24.5. The Morgan fingerprint density at radius 1 is 0.596 bits per heavy atom. The fraction of sp³-hybridized carbons (Fsp3) is 0.523. The number of carbonyl (C=O) groups is 11.